The molecule has 3 N–H and O–H groups in total. The van der Waals surface area contributed by atoms with Gasteiger partial charge in [-0.3, -0.25) is 4.79 Å². The van der Waals surface area contributed by atoms with Crippen LogP contribution in [0.25, 0.3) is 0 Å². The Morgan fingerprint density at radius 2 is 1.86 bits per heavy atom. The van der Waals surface area contributed by atoms with Crippen LogP contribution in [0, 0.1) is 5.82 Å². The van der Waals surface area contributed by atoms with Gasteiger partial charge in [-0.1, -0.05) is 0 Å². The van der Waals surface area contributed by atoms with Crippen LogP contribution in [0.3, 0.4) is 0 Å². The summed E-state index contributed by atoms with van der Waals surface area (Å²) in [7, 11) is -7.45. The number of primary sulfonamides is 1. The third kappa shape index (κ3) is 5.78. The lowest BCUT2D eigenvalue weighted by Crippen LogP contribution is -2.37. The van der Waals surface area contributed by atoms with E-state index in [0.717, 1.165) is 18.4 Å². The van der Waals surface area contributed by atoms with E-state index < -0.39 is 42.5 Å². The van der Waals surface area contributed by atoms with Crippen molar-refractivity contribution in [2.75, 3.05) is 12.0 Å². The lowest BCUT2D eigenvalue weighted by atomic mass is 10.2. The highest BCUT2D eigenvalue weighted by Crippen LogP contribution is 2.13. The number of sulfonamides is 1. The average Bonchev–Trinajstić information content (AvgIpc) is 2.23. The molecule has 21 heavy (non-hydrogen) atoms. The first-order valence-corrected chi connectivity index (χ1v) is 9.31. The van der Waals surface area contributed by atoms with Gasteiger partial charge in [-0.25, -0.2) is 26.4 Å². The topological polar surface area (TPSA) is 123 Å². The van der Waals surface area contributed by atoms with Gasteiger partial charge in [0, 0.05) is 17.9 Å². The monoisotopic (exact) mass is 338 g/mol. The van der Waals surface area contributed by atoms with Crippen LogP contribution in [-0.4, -0.2) is 40.8 Å². The Morgan fingerprint density at radius 1 is 1.29 bits per heavy atom. The van der Waals surface area contributed by atoms with Crippen LogP contribution in [0.15, 0.2) is 23.1 Å². The smallest absolute Gasteiger partial charge is 0.251 e. The molecular formula is C11H15FN2O5S2. The molecule has 0 radical (unpaired) electrons. The Hall–Kier alpha value is -1.52. The van der Waals surface area contributed by atoms with Crippen molar-refractivity contribution in [1.29, 1.82) is 0 Å². The highest BCUT2D eigenvalue weighted by molar-refractivity contribution is 7.90. The molecule has 0 heterocycles. The first kappa shape index (κ1) is 17.5. The molecule has 1 atom stereocenters. The first-order chi connectivity index (χ1) is 9.38. The SMILES string of the molecule is CC(CS(C)(=O)=O)NC(=O)c1cc(F)cc(S(N)(=O)=O)c1. The van der Waals surface area contributed by atoms with E-state index in [-0.39, 0.29) is 11.3 Å². The lowest BCUT2D eigenvalue weighted by Gasteiger charge is -2.13. The molecule has 0 aliphatic rings. The lowest BCUT2D eigenvalue weighted by molar-refractivity contribution is 0.0943. The maximum Gasteiger partial charge on any atom is 0.251 e. The van der Waals surface area contributed by atoms with Gasteiger partial charge in [-0.2, -0.15) is 0 Å². The largest absolute Gasteiger partial charge is 0.349 e. The molecule has 118 valence electrons. The summed E-state index contributed by atoms with van der Waals surface area (Å²) in [5.74, 6) is -2.03. The van der Waals surface area contributed by atoms with Gasteiger partial charge in [0.2, 0.25) is 10.0 Å². The molecule has 0 saturated carbocycles. The van der Waals surface area contributed by atoms with E-state index in [2.05, 4.69) is 5.32 Å². The Bertz CT molecular complexity index is 759. The van der Waals surface area contributed by atoms with Crippen molar-refractivity contribution < 1.29 is 26.0 Å². The number of sulfone groups is 1. The van der Waals surface area contributed by atoms with Crippen LogP contribution in [0.5, 0.6) is 0 Å². The van der Waals surface area contributed by atoms with E-state index in [1.54, 1.807) is 0 Å². The third-order valence-corrected chi connectivity index (χ3v) is 4.39. The zero-order valence-electron chi connectivity index (χ0n) is 11.3. The average molecular weight is 338 g/mol. The summed E-state index contributed by atoms with van der Waals surface area (Å²) in [4.78, 5) is 11.3. The zero-order valence-corrected chi connectivity index (χ0v) is 13.0. The van der Waals surface area contributed by atoms with Gasteiger partial charge in [0.1, 0.15) is 15.7 Å². The van der Waals surface area contributed by atoms with Crippen LogP contribution in [0.2, 0.25) is 0 Å². The summed E-state index contributed by atoms with van der Waals surface area (Å²) in [6, 6.07) is 1.72. The van der Waals surface area contributed by atoms with E-state index in [0.29, 0.717) is 6.07 Å². The summed E-state index contributed by atoms with van der Waals surface area (Å²) in [5, 5.41) is 7.21. The normalized spacial score (nSPS) is 13.7. The molecule has 1 unspecified atom stereocenters. The van der Waals surface area contributed by atoms with Crippen molar-refractivity contribution in [3.8, 4) is 0 Å². The molecule has 0 saturated heterocycles. The summed E-state index contributed by atoms with van der Waals surface area (Å²) < 4.78 is 57.9. The van der Waals surface area contributed by atoms with E-state index in [1.807, 2.05) is 0 Å². The molecular weight excluding hydrogens is 323 g/mol. The second-order valence-electron chi connectivity index (χ2n) is 4.69. The minimum Gasteiger partial charge on any atom is -0.349 e. The molecule has 0 aliphatic carbocycles. The van der Waals surface area contributed by atoms with E-state index >= 15 is 0 Å². The van der Waals surface area contributed by atoms with Crippen molar-refractivity contribution in [2.24, 2.45) is 5.14 Å². The highest BCUT2D eigenvalue weighted by Gasteiger charge is 2.18. The molecule has 1 aromatic carbocycles. The number of hydrogen-bond acceptors (Lipinski definition) is 5. The standard InChI is InChI=1S/C11H15FN2O5S2/c1-7(6-20(2,16)17)14-11(15)8-3-9(12)5-10(4-8)21(13,18)19/h3-5,7H,6H2,1-2H3,(H,14,15)(H2,13,18,19). The predicted molar refractivity (Wildman–Crippen MR) is 74.4 cm³/mol. The summed E-state index contributed by atoms with van der Waals surface area (Å²) in [6.07, 6.45) is 1.01. The number of hydrogen-bond donors (Lipinski definition) is 2. The Morgan fingerprint density at radius 3 is 2.33 bits per heavy atom. The molecule has 0 spiro atoms. The van der Waals surface area contributed by atoms with Gasteiger partial charge in [0.05, 0.1) is 10.6 Å². The number of carbonyl (C=O) groups excluding carboxylic acids is 1. The van der Waals surface area contributed by atoms with Crippen molar-refractivity contribution >= 4 is 25.8 Å². The molecule has 10 heteroatoms. The minimum atomic E-state index is -4.15. The fraction of sp³-hybridized carbons (Fsp3) is 0.364. The highest BCUT2D eigenvalue weighted by atomic mass is 32.2. The number of nitrogens with two attached hydrogens (primary N) is 1. The molecule has 0 fully saturated rings. The molecule has 0 bridgehead atoms. The van der Waals surface area contributed by atoms with Crippen molar-refractivity contribution in [1.82, 2.24) is 5.32 Å². The molecule has 7 nitrogen and oxygen atoms in total. The maximum atomic E-state index is 13.3. The second-order valence-corrected chi connectivity index (χ2v) is 8.43. The first-order valence-electron chi connectivity index (χ1n) is 5.70. The van der Waals surface area contributed by atoms with Crippen LogP contribution in [0.4, 0.5) is 4.39 Å². The van der Waals surface area contributed by atoms with Crippen LogP contribution < -0.4 is 10.5 Å². The third-order valence-electron chi connectivity index (χ3n) is 2.39. The number of benzene rings is 1. The van der Waals surface area contributed by atoms with Crippen LogP contribution in [-0.2, 0) is 19.9 Å². The van der Waals surface area contributed by atoms with Crippen molar-refractivity contribution in [2.45, 2.75) is 17.9 Å². The number of carbonyl (C=O) groups is 1. The Kier molecular flexibility index (Phi) is 5.07. The summed E-state index contributed by atoms with van der Waals surface area (Å²) in [5.41, 5.74) is -0.264. The summed E-state index contributed by atoms with van der Waals surface area (Å²) >= 11 is 0. The minimum absolute atomic E-state index is 0.264. The summed E-state index contributed by atoms with van der Waals surface area (Å²) in [6.45, 7) is 1.46. The van der Waals surface area contributed by atoms with E-state index in [9.17, 15) is 26.0 Å². The molecule has 0 aliphatic heterocycles. The van der Waals surface area contributed by atoms with Gasteiger partial charge >= 0.3 is 0 Å². The van der Waals surface area contributed by atoms with Crippen molar-refractivity contribution in [3.05, 3.63) is 29.6 Å². The number of nitrogens with one attached hydrogen (secondary N) is 1. The quantitative estimate of drug-likeness (QED) is 0.758. The van der Waals surface area contributed by atoms with Gasteiger partial charge in [0.25, 0.3) is 5.91 Å². The van der Waals surface area contributed by atoms with E-state index in [1.165, 1.54) is 6.92 Å². The predicted octanol–water partition coefficient (Wildman–Crippen LogP) is -0.364. The number of rotatable bonds is 5. The van der Waals surface area contributed by atoms with Gasteiger partial charge in [0.15, 0.2) is 0 Å². The number of halogens is 1. The molecule has 1 rings (SSSR count). The van der Waals surface area contributed by atoms with E-state index in [4.69, 9.17) is 5.14 Å². The van der Waals surface area contributed by atoms with Crippen LogP contribution >= 0.6 is 0 Å². The van der Waals surface area contributed by atoms with Crippen LogP contribution in [0.1, 0.15) is 17.3 Å². The Labute approximate surface area is 122 Å². The zero-order chi connectivity index (χ0) is 16.4. The second kappa shape index (κ2) is 6.08. The molecule has 1 amide bonds. The molecule has 1 aromatic rings. The fourth-order valence-corrected chi connectivity index (χ4v) is 3.22. The molecule has 0 aromatic heterocycles. The van der Waals surface area contributed by atoms with Gasteiger partial charge in [-0.15, -0.1) is 0 Å². The number of amides is 1. The fourth-order valence-electron chi connectivity index (χ4n) is 1.66. The van der Waals surface area contributed by atoms with Gasteiger partial charge in [-0.05, 0) is 25.1 Å². The van der Waals surface area contributed by atoms with Gasteiger partial charge < -0.3 is 5.32 Å². The maximum absolute atomic E-state index is 13.3. The Balaban J connectivity index is 3.01. The van der Waals surface area contributed by atoms with Crippen molar-refractivity contribution in [3.63, 3.8) is 0 Å².